The maximum absolute atomic E-state index is 5.31. The van der Waals surface area contributed by atoms with Crippen LogP contribution in [0.15, 0.2) is 30.5 Å². The van der Waals surface area contributed by atoms with Gasteiger partial charge in [-0.15, -0.1) is 0 Å². The van der Waals surface area contributed by atoms with Crippen LogP contribution in [0.5, 0.6) is 5.75 Å². The molecular formula is C16H23N3O. The van der Waals surface area contributed by atoms with Crippen molar-refractivity contribution >= 4 is 16.6 Å². The summed E-state index contributed by atoms with van der Waals surface area (Å²) in [4.78, 5) is 6.71. The molecule has 20 heavy (non-hydrogen) atoms. The van der Waals surface area contributed by atoms with Crippen LogP contribution in [0.25, 0.3) is 10.8 Å². The molecular weight excluding hydrogens is 250 g/mol. The quantitative estimate of drug-likeness (QED) is 0.787. The summed E-state index contributed by atoms with van der Waals surface area (Å²) in [6, 6.07) is 8.13. The maximum atomic E-state index is 5.31. The fraction of sp³-hybridized carbons (Fsp3) is 0.438. The third kappa shape index (κ3) is 3.39. The molecule has 0 amide bonds. The molecule has 108 valence electrons. The van der Waals surface area contributed by atoms with Gasteiger partial charge in [0.15, 0.2) is 0 Å². The van der Waals surface area contributed by atoms with Gasteiger partial charge in [0.1, 0.15) is 11.6 Å². The molecule has 0 fully saturated rings. The van der Waals surface area contributed by atoms with Gasteiger partial charge in [-0.2, -0.15) is 0 Å². The second-order valence-corrected chi connectivity index (χ2v) is 4.89. The predicted octanol–water partition coefficient (Wildman–Crippen LogP) is 2.68. The largest absolute Gasteiger partial charge is 0.497 e. The topological polar surface area (TPSA) is 37.4 Å². The van der Waals surface area contributed by atoms with Crippen molar-refractivity contribution in [2.24, 2.45) is 0 Å². The van der Waals surface area contributed by atoms with E-state index < -0.39 is 0 Å². The third-order valence-electron chi connectivity index (χ3n) is 3.36. The number of nitrogens with zero attached hydrogens (tertiary/aromatic N) is 2. The molecule has 0 atom stereocenters. The molecule has 1 heterocycles. The van der Waals surface area contributed by atoms with Gasteiger partial charge in [0.25, 0.3) is 0 Å². The SMILES string of the molecule is CCCNCCN(C)c1nccc2ccc(OC)cc12. The van der Waals surface area contributed by atoms with Gasteiger partial charge in [0, 0.05) is 31.7 Å². The number of rotatable bonds is 7. The first-order chi connectivity index (χ1) is 9.76. The summed E-state index contributed by atoms with van der Waals surface area (Å²) >= 11 is 0. The number of pyridine rings is 1. The molecule has 1 aromatic heterocycles. The predicted molar refractivity (Wildman–Crippen MR) is 84.7 cm³/mol. The van der Waals surface area contributed by atoms with Crippen molar-refractivity contribution in [1.29, 1.82) is 0 Å². The van der Waals surface area contributed by atoms with Crippen molar-refractivity contribution in [3.05, 3.63) is 30.5 Å². The number of nitrogens with one attached hydrogen (secondary N) is 1. The summed E-state index contributed by atoms with van der Waals surface area (Å²) in [5, 5.41) is 5.73. The van der Waals surface area contributed by atoms with E-state index in [2.05, 4.69) is 35.2 Å². The number of ether oxygens (including phenoxy) is 1. The first-order valence-corrected chi connectivity index (χ1v) is 7.11. The highest BCUT2D eigenvalue weighted by atomic mass is 16.5. The van der Waals surface area contributed by atoms with E-state index in [0.717, 1.165) is 43.0 Å². The Balaban J connectivity index is 2.19. The highest BCUT2D eigenvalue weighted by Gasteiger charge is 2.08. The van der Waals surface area contributed by atoms with Crippen LogP contribution >= 0.6 is 0 Å². The molecule has 0 saturated carbocycles. The monoisotopic (exact) mass is 273 g/mol. The molecule has 0 spiro atoms. The van der Waals surface area contributed by atoms with Crippen LogP contribution in [-0.4, -0.2) is 38.8 Å². The zero-order valence-electron chi connectivity index (χ0n) is 12.5. The number of anilines is 1. The Morgan fingerprint density at radius 1 is 1.25 bits per heavy atom. The molecule has 1 N–H and O–H groups in total. The van der Waals surface area contributed by atoms with E-state index >= 15 is 0 Å². The van der Waals surface area contributed by atoms with Crippen molar-refractivity contribution in [2.75, 3.05) is 38.7 Å². The van der Waals surface area contributed by atoms with Crippen LogP contribution < -0.4 is 15.0 Å². The molecule has 0 aliphatic carbocycles. The van der Waals surface area contributed by atoms with Crippen molar-refractivity contribution < 1.29 is 4.74 Å². The van der Waals surface area contributed by atoms with E-state index in [4.69, 9.17) is 4.74 Å². The van der Waals surface area contributed by atoms with Crippen LogP contribution in [0.3, 0.4) is 0 Å². The number of benzene rings is 1. The minimum atomic E-state index is 0.865. The minimum Gasteiger partial charge on any atom is -0.497 e. The normalized spacial score (nSPS) is 10.8. The average molecular weight is 273 g/mol. The Morgan fingerprint density at radius 2 is 2.10 bits per heavy atom. The average Bonchev–Trinajstić information content (AvgIpc) is 2.50. The van der Waals surface area contributed by atoms with Gasteiger partial charge in [-0.25, -0.2) is 4.98 Å². The molecule has 0 aliphatic rings. The summed E-state index contributed by atoms with van der Waals surface area (Å²) in [6.45, 7) is 5.13. The summed E-state index contributed by atoms with van der Waals surface area (Å²) < 4.78 is 5.31. The zero-order chi connectivity index (χ0) is 14.4. The van der Waals surface area contributed by atoms with Crippen molar-refractivity contribution in [1.82, 2.24) is 10.3 Å². The summed E-state index contributed by atoms with van der Waals surface area (Å²) in [7, 11) is 3.77. The van der Waals surface area contributed by atoms with Crippen LogP contribution in [0, 0.1) is 0 Å². The summed E-state index contributed by atoms with van der Waals surface area (Å²) in [5.74, 6) is 1.86. The third-order valence-corrected chi connectivity index (χ3v) is 3.36. The Morgan fingerprint density at radius 3 is 2.85 bits per heavy atom. The minimum absolute atomic E-state index is 0.865. The smallest absolute Gasteiger partial charge is 0.136 e. The fourth-order valence-electron chi connectivity index (χ4n) is 2.22. The fourth-order valence-corrected chi connectivity index (χ4v) is 2.22. The second-order valence-electron chi connectivity index (χ2n) is 4.89. The first kappa shape index (κ1) is 14.6. The number of hydrogen-bond acceptors (Lipinski definition) is 4. The second kappa shape index (κ2) is 7.10. The van der Waals surface area contributed by atoms with Gasteiger partial charge in [-0.1, -0.05) is 13.0 Å². The van der Waals surface area contributed by atoms with E-state index in [1.54, 1.807) is 7.11 Å². The Bertz CT molecular complexity index is 556. The number of fused-ring (bicyclic) bond motifs is 1. The highest BCUT2D eigenvalue weighted by molar-refractivity contribution is 5.93. The van der Waals surface area contributed by atoms with Crippen LogP contribution in [0.1, 0.15) is 13.3 Å². The molecule has 4 heteroatoms. The lowest BCUT2D eigenvalue weighted by Gasteiger charge is -2.20. The first-order valence-electron chi connectivity index (χ1n) is 7.11. The Kier molecular flexibility index (Phi) is 5.18. The van der Waals surface area contributed by atoms with Crippen molar-refractivity contribution in [3.63, 3.8) is 0 Å². The molecule has 0 unspecified atom stereocenters. The van der Waals surface area contributed by atoms with E-state index in [0.29, 0.717) is 0 Å². The lowest BCUT2D eigenvalue weighted by atomic mass is 10.1. The maximum Gasteiger partial charge on any atom is 0.136 e. The number of aromatic nitrogens is 1. The molecule has 1 aromatic carbocycles. The molecule has 4 nitrogen and oxygen atoms in total. The standard InChI is InChI=1S/C16H23N3O/c1-4-8-17-10-11-19(2)16-15-12-14(20-3)6-5-13(15)7-9-18-16/h5-7,9,12,17H,4,8,10-11H2,1-3H3. The lowest BCUT2D eigenvalue weighted by Crippen LogP contribution is -2.30. The highest BCUT2D eigenvalue weighted by Crippen LogP contribution is 2.27. The molecule has 0 bridgehead atoms. The van der Waals surface area contributed by atoms with E-state index in [-0.39, 0.29) is 0 Å². The molecule has 0 aliphatic heterocycles. The number of likely N-dealkylation sites (N-methyl/N-ethyl adjacent to an activating group) is 1. The van der Waals surface area contributed by atoms with E-state index in [1.807, 2.05) is 24.4 Å². The Hall–Kier alpha value is -1.81. The lowest BCUT2D eigenvalue weighted by molar-refractivity contribution is 0.415. The van der Waals surface area contributed by atoms with E-state index in [1.165, 1.54) is 5.39 Å². The number of methoxy groups -OCH3 is 1. The van der Waals surface area contributed by atoms with Crippen LogP contribution in [0.4, 0.5) is 5.82 Å². The zero-order valence-corrected chi connectivity index (χ0v) is 12.5. The van der Waals surface area contributed by atoms with Gasteiger partial charge in [0.2, 0.25) is 0 Å². The van der Waals surface area contributed by atoms with Crippen LogP contribution in [0.2, 0.25) is 0 Å². The van der Waals surface area contributed by atoms with Gasteiger partial charge in [-0.05, 0) is 36.6 Å². The molecule has 2 rings (SSSR count). The van der Waals surface area contributed by atoms with Crippen molar-refractivity contribution in [3.8, 4) is 5.75 Å². The number of hydrogen-bond donors (Lipinski definition) is 1. The van der Waals surface area contributed by atoms with Gasteiger partial charge in [-0.3, -0.25) is 0 Å². The van der Waals surface area contributed by atoms with Crippen molar-refractivity contribution in [2.45, 2.75) is 13.3 Å². The molecule has 0 radical (unpaired) electrons. The molecule has 0 saturated heterocycles. The van der Waals surface area contributed by atoms with Gasteiger partial charge in [0.05, 0.1) is 7.11 Å². The Labute approximate surface area is 120 Å². The summed E-state index contributed by atoms with van der Waals surface area (Å²) in [6.07, 6.45) is 3.02. The van der Waals surface area contributed by atoms with Gasteiger partial charge < -0.3 is 15.0 Å². The van der Waals surface area contributed by atoms with E-state index in [9.17, 15) is 0 Å². The summed E-state index contributed by atoms with van der Waals surface area (Å²) in [5.41, 5.74) is 0. The van der Waals surface area contributed by atoms with Crippen LogP contribution in [-0.2, 0) is 0 Å². The molecule has 2 aromatic rings. The van der Waals surface area contributed by atoms with Gasteiger partial charge >= 0.3 is 0 Å².